The van der Waals surface area contributed by atoms with Gasteiger partial charge in [0.05, 0.1) is 10.0 Å². The lowest BCUT2D eigenvalue weighted by molar-refractivity contribution is 0.475. The predicted octanol–water partition coefficient (Wildman–Crippen LogP) is 2.81. The average Bonchev–Trinajstić information content (AvgIpc) is 2.10. The zero-order valence-electron chi connectivity index (χ0n) is 7.27. The van der Waals surface area contributed by atoms with Gasteiger partial charge in [-0.3, -0.25) is 0 Å². The molecule has 0 unspecified atom stereocenters. The van der Waals surface area contributed by atoms with Crippen LogP contribution in [0.1, 0.15) is 12.5 Å². The Morgan fingerprint density at radius 1 is 1.31 bits per heavy atom. The van der Waals surface area contributed by atoms with Gasteiger partial charge in [0.15, 0.2) is 5.75 Å². The molecule has 0 saturated heterocycles. The first-order valence-corrected chi connectivity index (χ1v) is 4.78. The molecular formula is C9H11Cl2NO. The maximum absolute atomic E-state index is 9.27. The molecule has 0 fully saturated rings. The van der Waals surface area contributed by atoms with E-state index in [1.54, 1.807) is 12.1 Å². The molecule has 0 saturated carbocycles. The molecule has 72 valence electrons. The van der Waals surface area contributed by atoms with E-state index in [0.717, 1.165) is 12.1 Å². The average molecular weight is 220 g/mol. The highest BCUT2D eigenvalue weighted by Crippen LogP contribution is 2.32. The number of aromatic hydroxyl groups is 1. The highest BCUT2D eigenvalue weighted by Gasteiger charge is 2.05. The van der Waals surface area contributed by atoms with Crippen LogP contribution < -0.4 is 5.32 Å². The summed E-state index contributed by atoms with van der Waals surface area (Å²) in [5, 5.41) is 13.0. The summed E-state index contributed by atoms with van der Waals surface area (Å²) in [6.07, 6.45) is 0. The minimum Gasteiger partial charge on any atom is -0.505 e. The molecule has 4 heteroatoms. The molecule has 0 spiro atoms. The minimum absolute atomic E-state index is 0.0522. The molecule has 0 bridgehead atoms. The molecule has 0 aliphatic heterocycles. The molecule has 13 heavy (non-hydrogen) atoms. The Morgan fingerprint density at radius 3 is 2.31 bits per heavy atom. The number of phenolic OH excluding ortho intramolecular Hbond substituents is 1. The second kappa shape index (κ2) is 4.70. The van der Waals surface area contributed by atoms with Crippen LogP contribution in [0.25, 0.3) is 0 Å². The largest absolute Gasteiger partial charge is 0.505 e. The molecule has 0 aliphatic rings. The van der Waals surface area contributed by atoms with E-state index >= 15 is 0 Å². The monoisotopic (exact) mass is 219 g/mol. The second-order valence-electron chi connectivity index (χ2n) is 2.69. The van der Waals surface area contributed by atoms with Gasteiger partial charge in [-0.05, 0) is 24.2 Å². The van der Waals surface area contributed by atoms with E-state index in [-0.39, 0.29) is 5.75 Å². The highest BCUT2D eigenvalue weighted by atomic mass is 35.5. The van der Waals surface area contributed by atoms with Crippen molar-refractivity contribution in [1.29, 1.82) is 0 Å². The van der Waals surface area contributed by atoms with Gasteiger partial charge in [-0.1, -0.05) is 30.1 Å². The molecule has 2 nitrogen and oxygen atoms in total. The molecule has 0 radical (unpaired) electrons. The molecule has 1 aromatic rings. The van der Waals surface area contributed by atoms with Crippen LogP contribution in [0.2, 0.25) is 10.0 Å². The maximum atomic E-state index is 9.27. The van der Waals surface area contributed by atoms with E-state index in [0.29, 0.717) is 16.6 Å². The van der Waals surface area contributed by atoms with Crippen LogP contribution in [-0.4, -0.2) is 11.7 Å². The third-order valence-corrected chi connectivity index (χ3v) is 2.23. The molecule has 0 atom stereocenters. The minimum atomic E-state index is -0.0522. The van der Waals surface area contributed by atoms with E-state index in [1.165, 1.54) is 0 Å². The topological polar surface area (TPSA) is 32.3 Å². The van der Waals surface area contributed by atoms with Gasteiger partial charge < -0.3 is 10.4 Å². The summed E-state index contributed by atoms with van der Waals surface area (Å²) in [7, 11) is 0. The van der Waals surface area contributed by atoms with Gasteiger partial charge in [0, 0.05) is 6.54 Å². The molecule has 0 heterocycles. The van der Waals surface area contributed by atoms with Crippen molar-refractivity contribution in [3.63, 3.8) is 0 Å². The maximum Gasteiger partial charge on any atom is 0.152 e. The van der Waals surface area contributed by atoms with Crippen LogP contribution in [0, 0.1) is 0 Å². The second-order valence-corrected chi connectivity index (χ2v) is 3.50. The van der Waals surface area contributed by atoms with Crippen LogP contribution in [0.15, 0.2) is 12.1 Å². The fourth-order valence-electron chi connectivity index (χ4n) is 0.989. The van der Waals surface area contributed by atoms with Gasteiger partial charge in [-0.2, -0.15) is 0 Å². The zero-order valence-corrected chi connectivity index (χ0v) is 8.78. The first-order valence-electron chi connectivity index (χ1n) is 4.02. The summed E-state index contributed by atoms with van der Waals surface area (Å²) in [5.74, 6) is -0.0522. The number of rotatable bonds is 3. The smallest absolute Gasteiger partial charge is 0.152 e. The number of hydrogen-bond acceptors (Lipinski definition) is 2. The quantitative estimate of drug-likeness (QED) is 0.820. The third kappa shape index (κ3) is 2.76. The van der Waals surface area contributed by atoms with Crippen molar-refractivity contribution in [3.8, 4) is 5.75 Å². The van der Waals surface area contributed by atoms with Crippen molar-refractivity contribution >= 4 is 23.2 Å². The Morgan fingerprint density at radius 2 is 1.85 bits per heavy atom. The zero-order chi connectivity index (χ0) is 9.84. The standard InChI is InChI=1S/C9H11Cl2NO/c1-2-12-5-6-3-7(10)9(13)8(11)4-6/h3-4,12-13H,2,5H2,1H3. The fraction of sp³-hybridized carbons (Fsp3) is 0.333. The molecule has 0 aromatic heterocycles. The summed E-state index contributed by atoms with van der Waals surface area (Å²) >= 11 is 11.5. The van der Waals surface area contributed by atoms with Crippen molar-refractivity contribution < 1.29 is 5.11 Å². The van der Waals surface area contributed by atoms with E-state index < -0.39 is 0 Å². The van der Waals surface area contributed by atoms with Gasteiger partial charge in [0.1, 0.15) is 0 Å². The predicted molar refractivity (Wildman–Crippen MR) is 55.5 cm³/mol. The molecular weight excluding hydrogens is 209 g/mol. The van der Waals surface area contributed by atoms with Crippen LogP contribution in [0.3, 0.4) is 0 Å². The first-order chi connectivity index (χ1) is 6.15. The van der Waals surface area contributed by atoms with Crippen molar-refractivity contribution in [2.75, 3.05) is 6.54 Å². The Labute approximate surface area is 87.5 Å². The number of nitrogens with one attached hydrogen (secondary N) is 1. The van der Waals surface area contributed by atoms with Crippen molar-refractivity contribution in [1.82, 2.24) is 5.32 Å². The Hall–Kier alpha value is -0.440. The van der Waals surface area contributed by atoms with Gasteiger partial charge in [0.25, 0.3) is 0 Å². The van der Waals surface area contributed by atoms with E-state index in [4.69, 9.17) is 23.2 Å². The van der Waals surface area contributed by atoms with E-state index in [1.807, 2.05) is 6.92 Å². The third-order valence-electron chi connectivity index (χ3n) is 1.66. The Bertz CT molecular complexity index is 279. The first kappa shape index (κ1) is 10.6. The summed E-state index contributed by atoms with van der Waals surface area (Å²) in [6, 6.07) is 3.40. The molecule has 0 aliphatic carbocycles. The molecule has 0 amide bonds. The SMILES string of the molecule is CCNCc1cc(Cl)c(O)c(Cl)c1. The van der Waals surface area contributed by atoms with Crippen LogP contribution >= 0.6 is 23.2 Å². The lowest BCUT2D eigenvalue weighted by Crippen LogP contribution is -2.11. The number of phenols is 1. The summed E-state index contributed by atoms with van der Waals surface area (Å²) in [4.78, 5) is 0. The normalized spacial score (nSPS) is 10.4. The van der Waals surface area contributed by atoms with Gasteiger partial charge in [-0.15, -0.1) is 0 Å². The van der Waals surface area contributed by atoms with Crippen LogP contribution in [0.4, 0.5) is 0 Å². The molecule has 1 rings (SSSR count). The number of halogens is 2. The Kier molecular flexibility index (Phi) is 3.85. The van der Waals surface area contributed by atoms with Crippen LogP contribution in [0.5, 0.6) is 5.75 Å². The molecule has 2 N–H and O–H groups in total. The highest BCUT2D eigenvalue weighted by molar-refractivity contribution is 6.37. The van der Waals surface area contributed by atoms with Crippen molar-refractivity contribution in [2.45, 2.75) is 13.5 Å². The number of benzene rings is 1. The Balaban J connectivity index is 2.86. The van der Waals surface area contributed by atoms with Crippen molar-refractivity contribution in [3.05, 3.63) is 27.7 Å². The van der Waals surface area contributed by atoms with E-state index in [9.17, 15) is 5.11 Å². The lowest BCUT2D eigenvalue weighted by Gasteiger charge is -2.05. The van der Waals surface area contributed by atoms with Crippen LogP contribution in [-0.2, 0) is 6.54 Å². The summed E-state index contributed by atoms with van der Waals surface area (Å²) < 4.78 is 0. The van der Waals surface area contributed by atoms with Crippen molar-refractivity contribution in [2.24, 2.45) is 0 Å². The lowest BCUT2D eigenvalue weighted by atomic mass is 10.2. The van der Waals surface area contributed by atoms with Gasteiger partial charge in [-0.25, -0.2) is 0 Å². The van der Waals surface area contributed by atoms with Gasteiger partial charge in [0.2, 0.25) is 0 Å². The van der Waals surface area contributed by atoms with E-state index in [2.05, 4.69) is 5.32 Å². The summed E-state index contributed by atoms with van der Waals surface area (Å²) in [5.41, 5.74) is 0.967. The van der Waals surface area contributed by atoms with Gasteiger partial charge >= 0.3 is 0 Å². The number of hydrogen-bond donors (Lipinski definition) is 2. The summed E-state index contributed by atoms with van der Waals surface area (Å²) in [6.45, 7) is 3.61. The molecule has 1 aromatic carbocycles. The fourth-order valence-corrected chi connectivity index (χ4v) is 1.52.